The van der Waals surface area contributed by atoms with Gasteiger partial charge in [-0.15, -0.1) is 0 Å². The van der Waals surface area contributed by atoms with Crippen LogP contribution in [0.25, 0.3) is 0 Å². The number of benzene rings is 1. The standard InChI is InChI=1S/C14H19F3N2O2/c1-8-6-10(14(15,16)17)7-9(2)11(8)18-19(12(20)21)13(3,4)5/h6-7,18H,1-5H3,(H,20,21). The van der Waals surface area contributed by atoms with Gasteiger partial charge in [0.25, 0.3) is 0 Å². The lowest BCUT2D eigenvalue weighted by Gasteiger charge is -2.34. The van der Waals surface area contributed by atoms with Crippen molar-refractivity contribution >= 4 is 11.8 Å². The first-order valence-electron chi connectivity index (χ1n) is 6.32. The SMILES string of the molecule is Cc1cc(C(F)(F)F)cc(C)c1NN(C(=O)O)C(C)(C)C. The zero-order valence-corrected chi connectivity index (χ0v) is 12.6. The van der Waals surface area contributed by atoms with Crippen molar-refractivity contribution in [1.82, 2.24) is 5.01 Å². The highest BCUT2D eigenvalue weighted by atomic mass is 19.4. The van der Waals surface area contributed by atoms with Crippen LogP contribution in [-0.2, 0) is 6.18 Å². The topological polar surface area (TPSA) is 52.6 Å². The highest BCUT2D eigenvalue weighted by Gasteiger charge is 2.32. The van der Waals surface area contributed by atoms with Crippen LogP contribution in [0.1, 0.15) is 37.5 Å². The lowest BCUT2D eigenvalue weighted by Crippen LogP contribution is -2.48. The second kappa shape index (κ2) is 5.46. The van der Waals surface area contributed by atoms with Gasteiger partial charge in [0.2, 0.25) is 0 Å². The van der Waals surface area contributed by atoms with E-state index in [1.54, 1.807) is 20.8 Å². The number of aryl methyl sites for hydroxylation is 2. The number of amides is 1. The molecule has 1 aromatic rings. The summed E-state index contributed by atoms with van der Waals surface area (Å²) < 4.78 is 38.2. The van der Waals surface area contributed by atoms with Crippen molar-refractivity contribution in [3.05, 3.63) is 28.8 Å². The van der Waals surface area contributed by atoms with Gasteiger partial charge in [-0.25, -0.2) is 9.80 Å². The average Bonchev–Trinajstić information content (AvgIpc) is 2.23. The molecule has 1 aromatic carbocycles. The largest absolute Gasteiger partial charge is 0.464 e. The Balaban J connectivity index is 3.24. The van der Waals surface area contributed by atoms with Crippen molar-refractivity contribution in [3.8, 4) is 0 Å². The number of carbonyl (C=O) groups is 1. The van der Waals surface area contributed by atoms with Crippen molar-refractivity contribution in [1.29, 1.82) is 0 Å². The number of hydrogen-bond donors (Lipinski definition) is 2. The Morgan fingerprint density at radius 2 is 1.57 bits per heavy atom. The Labute approximate surface area is 121 Å². The molecule has 0 atom stereocenters. The molecule has 21 heavy (non-hydrogen) atoms. The van der Waals surface area contributed by atoms with E-state index >= 15 is 0 Å². The molecule has 0 aromatic heterocycles. The summed E-state index contributed by atoms with van der Waals surface area (Å²) in [6.07, 6.45) is -5.63. The second-order valence-corrected chi connectivity index (χ2v) is 5.88. The van der Waals surface area contributed by atoms with Crippen LogP contribution in [0.15, 0.2) is 12.1 Å². The summed E-state index contributed by atoms with van der Waals surface area (Å²) in [5, 5.41) is 10.2. The maximum Gasteiger partial charge on any atom is 0.426 e. The van der Waals surface area contributed by atoms with Gasteiger partial charge in [0.1, 0.15) is 0 Å². The maximum atomic E-state index is 12.7. The smallest absolute Gasteiger partial charge is 0.426 e. The maximum absolute atomic E-state index is 12.7. The molecule has 0 unspecified atom stereocenters. The number of nitrogens with one attached hydrogen (secondary N) is 1. The van der Waals surface area contributed by atoms with E-state index < -0.39 is 23.4 Å². The molecule has 0 saturated heterocycles. The van der Waals surface area contributed by atoms with Gasteiger partial charge >= 0.3 is 12.3 Å². The van der Waals surface area contributed by atoms with Gasteiger partial charge in [0.05, 0.1) is 16.8 Å². The fourth-order valence-corrected chi connectivity index (χ4v) is 1.92. The summed E-state index contributed by atoms with van der Waals surface area (Å²) in [5.41, 5.74) is 2.23. The summed E-state index contributed by atoms with van der Waals surface area (Å²) in [4.78, 5) is 11.3. The van der Waals surface area contributed by atoms with Crippen LogP contribution in [0.4, 0.5) is 23.7 Å². The molecular formula is C14H19F3N2O2. The fourth-order valence-electron chi connectivity index (χ4n) is 1.92. The quantitative estimate of drug-likeness (QED) is 0.795. The first-order valence-corrected chi connectivity index (χ1v) is 6.32. The number of halogens is 3. The molecule has 0 aliphatic heterocycles. The third-order valence-electron chi connectivity index (χ3n) is 2.95. The minimum Gasteiger partial charge on any atom is -0.464 e. The summed E-state index contributed by atoms with van der Waals surface area (Å²) in [5.74, 6) is 0. The second-order valence-electron chi connectivity index (χ2n) is 5.88. The third kappa shape index (κ3) is 4.03. The van der Waals surface area contributed by atoms with E-state index in [0.29, 0.717) is 16.8 Å². The van der Waals surface area contributed by atoms with Crippen molar-refractivity contribution in [2.75, 3.05) is 5.43 Å². The molecule has 0 bridgehead atoms. The van der Waals surface area contributed by atoms with E-state index in [2.05, 4.69) is 5.43 Å². The molecule has 4 nitrogen and oxygen atoms in total. The molecule has 0 aliphatic rings. The molecule has 0 aliphatic carbocycles. The van der Waals surface area contributed by atoms with Crippen LogP contribution in [-0.4, -0.2) is 21.7 Å². The molecule has 118 valence electrons. The van der Waals surface area contributed by atoms with Gasteiger partial charge in [-0.2, -0.15) is 13.2 Å². The highest BCUT2D eigenvalue weighted by molar-refractivity contribution is 5.70. The Morgan fingerprint density at radius 1 is 1.14 bits per heavy atom. The van der Waals surface area contributed by atoms with Gasteiger partial charge in [0.15, 0.2) is 0 Å². The van der Waals surface area contributed by atoms with E-state index in [1.165, 1.54) is 13.8 Å². The number of rotatable bonds is 2. The Bertz CT molecular complexity index is 525. The van der Waals surface area contributed by atoms with Gasteiger partial charge in [-0.3, -0.25) is 5.43 Å². The zero-order chi connectivity index (χ0) is 16.6. The van der Waals surface area contributed by atoms with Gasteiger partial charge in [-0.05, 0) is 57.9 Å². The van der Waals surface area contributed by atoms with E-state index in [4.69, 9.17) is 0 Å². The Kier molecular flexibility index (Phi) is 4.45. The number of alkyl halides is 3. The molecule has 0 fully saturated rings. The number of hydrogen-bond acceptors (Lipinski definition) is 2. The van der Waals surface area contributed by atoms with Crippen LogP contribution in [0, 0.1) is 13.8 Å². The van der Waals surface area contributed by atoms with E-state index in [1.807, 2.05) is 0 Å². The first-order chi connectivity index (χ1) is 9.34. The number of carboxylic acid groups (broad SMARTS) is 1. The normalized spacial score (nSPS) is 12.2. The van der Waals surface area contributed by atoms with Crippen LogP contribution in [0.2, 0.25) is 0 Å². The van der Waals surface area contributed by atoms with Crippen LogP contribution in [0.3, 0.4) is 0 Å². The average molecular weight is 304 g/mol. The van der Waals surface area contributed by atoms with E-state index in [0.717, 1.165) is 17.1 Å². The monoisotopic (exact) mass is 304 g/mol. The Hall–Kier alpha value is -1.92. The Morgan fingerprint density at radius 3 is 1.86 bits per heavy atom. The number of nitrogens with zero attached hydrogens (tertiary/aromatic N) is 1. The molecule has 1 rings (SSSR count). The van der Waals surface area contributed by atoms with Crippen molar-refractivity contribution < 1.29 is 23.1 Å². The minimum absolute atomic E-state index is 0.331. The fraction of sp³-hybridized carbons (Fsp3) is 0.500. The van der Waals surface area contributed by atoms with E-state index in [-0.39, 0.29) is 0 Å². The van der Waals surface area contributed by atoms with Crippen LogP contribution in [0.5, 0.6) is 0 Å². The lowest BCUT2D eigenvalue weighted by atomic mass is 10.0. The molecule has 7 heteroatoms. The molecule has 2 N–H and O–H groups in total. The van der Waals surface area contributed by atoms with Gasteiger partial charge in [-0.1, -0.05) is 0 Å². The van der Waals surface area contributed by atoms with Crippen molar-refractivity contribution in [2.24, 2.45) is 0 Å². The minimum atomic E-state index is -4.43. The molecule has 0 spiro atoms. The first kappa shape index (κ1) is 17.1. The molecule has 0 radical (unpaired) electrons. The molecular weight excluding hydrogens is 285 g/mol. The number of anilines is 1. The van der Waals surface area contributed by atoms with E-state index in [9.17, 15) is 23.1 Å². The van der Waals surface area contributed by atoms with Gasteiger partial charge < -0.3 is 5.11 Å². The summed E-state index contributed by atoms with van der Waals surface area (Å²) in [6, 6.07) is 2.00. The predicted molar refractivity (Wildman–Crippen MR) is 74.2 cm³/mol. The van der Waals surface area contributed by atoms with Crippen molar-refractivity contribution in [2.45, 2.75) is 46.3 Å². The molecule has 1 amide bonds. The predicted octanol–water partition coefficient (Wildman–Crippen LogP) is 4.43. The van der Waals surface area contributed by atoms with Crippen molar-refractivity contribution in [3.63, 3.8) is 0 Å². The third-order valence-corrected chi connectivity index (χ3v) is 2.95. The zero-order valence-electron chi connectivity index (χ0n) is 12.6. The van der Waals surface area contributed by atoms with Gasteiger partial charge in [0, 0.05) is 0 Å². The summed E-state index contributed by atoms with van der Waals surface area (Å²) >= 11 is 0. The lowest BCUT2D eigenvalue weighted by molar-refractivity contribution is -0.137. The number of hydrazine groups is 1. The molecule has 0 heterocycles. The molecule has 0 saturated carbocycles. The summed E-state index contributed by atoms with van der Waals surface area (Å²) in [6.45, 7) is 8.06. The highest BCUT2D eigenvalue weighted by Crippen LogP contribution is 2.34. The van der Waals surface area contributed by atoms with Crippen LogP contribution >= 0.6 is 0 Å². The summed E-state index contributed by atoms with van der Waals surface area (Å²) in [7, 11) is 0. The van der Waals surface area contributed by atoms with Crippen LogP contribution < -0.4 is 5.43 Å².